The van der Waals surface area contributed by atoms with Crippen LogP contribution in [0.3, 0.4) is 0 Å². The van der Waals surface area contributed by atoms with Crippen molar-refractivity contribution >= 4 is 0 Å². The summed E-state index contributed by atoms with van der Waals surface area (Å²) in [6.45, 7) is -0.656. The Morgan fingerprint density at radius 2 is 2.60 bits per heavy atom. The highest BCUT2D eigenvalue weighted by Crippen LogP contribution is 1.74. The number of hydrogen-bond acceptors (Lipinski definition) is 2. The van der Waals surface area contributed by atoms with Crippen LogP contribution in [0.2, 0.25) is 0 Å². The second-order valence-corrected chi connectivity index (χ2v) is 0.385. The number of ether oxygens (including phenoxy) is 1. The summed E-state index contributed by atoms with van der Waals surface area (Å²) in [5.41, 5.74) is 0. The van der Waals surface area contributed by atoms with Gasteiger partial charge in [0.1, 0.15) is 6.79 Å². The Bertz CT molecular complexity index is 15.1. The summed E-state index contributed by atoms with van der Waals surface area (Å²) in [6.07, 6.45) is 0. The van der Waals surface area contributed by atoms with Crippen molar-refractivity contribution in [1.29, 1.82) is 0 Å². The first-order valence-corrected chi connectivity index (χ1v) is 1.06. The summed E-state index contributed by atoms with van der Waals surface area (Å²) >= 11 is 0. The smallest absolute Gasteiger partial charge is 0.257 e. The quantitative estimate of drug-likeness (QED) is 0.473. The van der Waals surface area contributed by atoms with Gasteiger partial charge in [-0.2, -0.15) is 0 Å². The summed E-state index contributed by atoms with van der Waals surface area (Å²) in [7, 11) is 0. The zero-order valence-corrected chi connectivity index (χ0v) is 2.52. The Morgan fingerprint density at radius 3 is 2.60 bits per heavy atom. The van der Waals surface area contributed by atoms with Gasteiger partial charge in [-0.1, -0.05) is 0 Å². The van der Waals surface area contributed by atoms with Gasteiger partial charge in [0.25, 0.3) is 6.86 Å². The summed E-state index contributed by atoms with van der Waals surface area (Å²) in [4.78, 5) is 0. The molecule has 0 aromatic carbocycles. The summed E-state index contributed by atoms with van der Waals surface area (Å²) in [5, 5.41) is 7.57. The molecule has 0 atom stereocenters. The largest absolute Gasteiger partial charge is 0.371 e. The second kappa shape index (κ2) is 3.85. The third kappa shape index (κ3) is 3.85. The molecule has 0 amide bonds. The van der Waals surface area contributed by atoms with Gasteiger partial charge in [-0.15, -0.1) is 0 Å². The topological polar surface area (TPSA) is 29.5 Å². The van der Waals surface area contributed by atoms with Gasteiger partial charge >= 0.3 is 0 Å². The van der Waals surface area contributed by atoms with Gasteiger partial charge in [0.15, 0.2) is 0 Å². The maximum atomic E-state index is 10.5. The van der Waals surface area contributed by atoms with Gasteiger partial charge in [-0.05, 0) is 0 Å². The Labute approximate surface area is 29.2 Å². The van der Waals surface area contributed by atoms with Crippen LogP contribution in [0.15, 0.2) is 0 Å². The highest BCUT2D eigenvalue weighted by molar-refractivity contribution is 4.08. The molecule has 0 saturated heterocycles. The lowest BCUT2D eigenvalue weighted by Gasteiger charge is -1.81. The lowest BCUT2D eigenvalue weighted by Crippen LogP contribution is -1.81. The average molecular weight is 79.0 g/mol. The predicted octanol–water partition coefficient (Wildman–Crippen LogP) is 0.0416. The molecular formula is C2H4FO2. The lowest BCUT2D eigenvalue weighted by molar-refractivity contribution is 0.00434. The Balaban J connectivity index is 2.19. The van der Waals surface area contributed by atoms with Gasteiger partial charge in [0.05, 0.1) is 0 Å². The first-order valence-electron chi connectivity index (χ1n) is 1.06. The molecule has 2 nitrogen and oxygen atoms in total. The summed E-state index contributed by atoms with van der Waals surface area (Å²) in [5.74, 6) is 0. The fourth-order valence-electron chi connectivity index (χ4n) is 0.0282. The van der Waals surface area contributed by atoms with E-state index >= 15 is 0 Å². The van der Waals surface area contributed by atoms with Crippen molar-refractivity contribution in [2.45, 2.75) is 0 Å². The third-order valence-electron chi connectivity index (χ3n) is 0.138. The van der Waals surface area contributed by atoms with E-state index in [9.17, 15) is 4.39 Å². The van der Waals surface area contributed by atoms with E-state index in [0.29, 0.717) is 0 Å². The van der Waals surface area contributed by atoms with Crippen LogP contribution in [0.25, 0.3) is 0 Å². The van der Waals surface area contributed by atoms with E-state index < -0.39 is 6.79 Å². The molecule has 1 radical (unpaired) electrons. The molecule has 0 aliphatic rings. The molecule has 1 N–H and O–H groups in total. The fraction of sp³-hybridized carbons (Fsp3) is 0.500. The maximum Gasteiger partial charge on any atom is 0.257 e. The van der Waals surface area contributed by atoms with E-state index in [1.54, 1.807) is 0 Å². The van der Waals surface area contributed by atoms with E-state index in [4.69, 9.17) is 5.11 Å². The molecule has 0 saturated carbocycles. The van der Waals surface area contributed by atoms with Gasteiger partial charge in [-0.25, -0.2) is 4.39 Å². The number of halogens is 1. The molecule has 0 aromatic heterocycles. The molecule has 0 heterocycles. The summed E-state index contributed by atoms with van der Waals surface area (Å²) < 4.78 is 14.1. The molecule has 0 bridgehead atoms. The second-order valence-electron chi connectivity index (χ2n) is 0.385. The highest BCUT2D eigenvalue weighted by Gasteiger charge is 1.70. The lowest BCUT2D eigenvalue weighted by atomic mass is 11.4. The molecule has 0 aromatic rings. The minimum atomic E-state index is -0.587. The third-order valence-corrected chi connectivity index (χ3v) is 0.138. The van der Waals surface area contributed by atoms with Crippen molar-refractivity contribution in [2.75, 3.05) is 6.79 Å². The van der Waals surface area contributed by atoms with Crippen LogP contribution in [0.4, 0.5) is 4.39 Å². The molecule has 0 aliphatic carbocycles. The molecule has 0 rings (SSSR count). The van der Waals surface area contributed by atoms with Crippen molar-refractivity contribution < 1.29 is 14.2 Å². The Kier molecular flexibility index (Phi) is 3.73. The molecular weight excluding hydrogens is 75.0 g/mol. The van der Waals surface area contributed by atoms with Crippen molar-refractivity contribution in [1.82, 2.24) is 0 Å². The van der Waals surface area contributed by atoms with Crippen LogP contribution >= 0.6 is 0 Å². The SMILES string of the molecule is OCO[CH]F. The first kappa shape index (κ1) is 4.85. The van der Waals surface area contributed by atoms with Gasteiger partial charge in [0, 0.05) is 0 Å². The van der Waals surface area contributed by atoms with Crippen LogP contribution in [0, 0.1) is 6.86 Å². The molecule has 0 aliphatic heterocycles. The van der Waals surface area contributed by atoms with Crippen molar-refractivity contribution in [3.63, 3.8) is 0 Å². The average Bonchev–Trinajstić information content (AvgIpc) is 1.41. The minimum absolute atomic E-state index is 0.0694. The van der Waals surface area contributed by atoms with Crippen LogP contribution < -0.4 is 0 Å². The van der Waals surface area contributed by atoms with E-state index in [-0.39, 0.29) is 6.86 Å². The Hall–Kier alpha value is -0.150. The predicted molar refractivity (Wildman–Crippen MR) is 13.6 cm³/mol. The molecule has 5 heavy (non-hydrogen) atoms. The van der Waals surface area contributed by atoms with Crippen molar-refractivity contribution in [3.05, 3.63) is 6.86 Å². The number of aliphatic hydroxyl groups is 1. The minimum Gasteiger partial charge on any atom is -0.371 e. The monoisotopic (exact) mass is 79.0 g/mol. The Morgan fingerprint density at radius 1 is 2.00 bits per heavy atom. The number of aliphatic hydroxyl groups excluding tert-OH is 1. The number of rotatable bonds is 2. The maximum absolute atomic E-state index is 10.5. The van der Waals surface area contributed by atoms with E-state index in [1.807, 2.05) is 0 Å². The van der Waals surface area contributed by atoms with E-state index in [2.05, 4.69) is 4.74 Å². The molecule has 0 unspecified atom stereocenters. The highest BCUT2D eigenvalue weighted by atomic mass is 19.1. The zero-order valence-electron chi connectivity index (χ0n) is 2.52. The normalized spacial score (nSPS) is 8.40. The van der Waals surface area contributed by atoms with Crippen LogP contribution in [0.5, 0.6) is 0 Å². The van der Waals surface area contributed by atoms with Crippen LogP contribution in [-0.4, -0.2) is 11.9 Å². The van der Waals surface area contributed by atoms with Gasteiger partial charge in [0.2, 0.25) is 0 Å². The molecule has 0 spiro atoms. The van der Waals surface area contributed by atoms with Crippen molar-refractivity contribution in [2.24, 2.45) is 0 Å². The number of hydrogen-bond donors (Lipinski definition) is 1. The zero-order chi connectivity index (χ0) is 4.12. The molecule has 31 valence electrons. The van der Waals surface area contributed by atoms with Crippen LogP contribution in [-0.2, 0) is 4.74 Å². The van der Waals surface area contributed by atoms with Crippen LogP contribution in [0.1, 0.15) is 0 Å². The van der Waals surface area contributed by atoms with E-state index in [0.717, 1.165) is 0 Å². The van der Waals surface area contributed by atoms with Gasteiger partial charge in [-0.3, -0.25) is 0 Å². The first-order chi connectivity index (χ1) is 2.41. The van der Waals surface area contributed by atoms with Gasteiger partial charge < -0.3 is 9.84 Å². The standard InChI is InChI=1S/C2H4FO2/c3-1-5-2-4/h1,4H,2H2. The molecule has 0 fully saturated rings. The van der Waals surface area contributed by atoms with Crippen molar-refractivity contribution in [3.8, 4) is 0 Å². The summed E-state index contributed by atoms with van der Waals surface area (Å²) in [6, 6.07) is 0. The molecule has 3 heteroatoms. The van der Waals surface area contributed by atoms with E-state index in [1.165, 1.54) is 0 Å². The fourth-order valence-corrected chi connectivity index (χ4v) is 0.0282.